The highest BCUT2D eigenvalue weighted by Crippen LogP contribution is 1.99. The zero-order chi connectivity index (χ0) is 7.98. The minimum atomic E-state index is 0.383. The maximum Gasteiger partial charge on any atom is 0.0544 e. The Morgan fingerprint density at radius 1 is 1.40 bits per heavy atom. The second-order valence-corrected chi connectivity index (χ2v) is 2.89. The molecule has 0 amide bonds. The van der Waals surface area contributed by atoms with E-state index in [4.69, 9.17) is 10.5 Å². The molecular weight excluding hydrogens is 126 g/mol. The van der Waals surface area contributed by atoms with Crippen molar-refractivity contribution in [3.8, 4) is 0 Å². The largest absolute Gasteiger partial charge is 0.378 e. The van der Waals surface area contributed by atoms with E-state index in [-0.39, 0.29) is 0 Å². The predicted molar refractivity (Wildman–Crippen MR) is 43.9 cm³/mol. The van der Waals surface area contributed by atoms with E-state index >= 15 is 0 Å². The molecule has 0 aromatic heterocycles. The summed E-state index contributed by atoms with van der Waals surface area (Å²) in [6, 6.07) is 0. The summed E-state index contributed by atoms with van der Waals surface area (Å²) in [6.45, 7) is 7.82. The van der Waals surface area contributed by atoms with Crippen LogP contribution in [-0.2, 0) is 4.74 Å². The van der Waals surface area contributed by atoms with Gasteiger partial charge < -0.3 is 10.5 Å². The molecule has 0 rings (SSSR count). The van der Waals surface area contributed by atoms with Crippen molar-refractivity contribution in [2.24, 2.45) is 11.7 Å². The van der Waals surface area contributed by atoms with Crippen LogP contribution in [0.4, 0.5) is 0 Å². The number of rotatable bonds is 5. The molecule has 0 aliphatic rings. The first-order valence-electron chi connectivity index (χ1n) is 4.02. The van der Waals surface area contributed by atoms with E-state index in [0.29, 0.717) is 12.0 Å². The Labute approximate surface area is 63.7 Å². The maximum atomic E-state index is 5.46. The van der Waals surface area contributed by atoms with Crippen LogP contribution in [0.5, 0.6) is 0 Å². The monoisotopic (exact) mass is 145 g/mol. The number of hydrogen-bond acceptors (Lipinski definition) is 2. The van der Waals surface area contributed by atoms with E-state index in [9.17, 15) is 0 Å². The normalized spacial score (nSPS) is 16.8. The topological polar surface area (TPSA) is 35.2 Å². The molecule has 2 nitrogen and oxygen atoms in total. The van der Waals surface area contributed by atoms with Crippen molar-refractivity contribution >= 4 is 0 Å². The Morgan fingerprint density at radius 2 is 2.00 bits per heavy atom. The van der Waals surface area contributed by atoms with E-state index in [1.54, 1.807) is 0 Å². The van der Waals surface area contributed by atoms with E-state index in [1.807, 2.05) is 0 Å². The Kier molecular flexibility index (Phi) is 5.64. The molecule has 2 heteroatoms. The van der Waals surface area contributed by atoms with Gasteiger partial charge in [-0.2, -0.15) is 0 Å². The quantitative estimate of drug-likeness (QED) is 0.634. The van der Waals surface area contributed by atoms with Gasteiger partial charge in [-0.15, -0.1) is 0 Å². The molecule has 2 atom stereocenters. The van der Waals surface area contributed by atoms with Crippen molar-refractivity contribution in [3.05, 3.63) is 0 Å². The van der Waals surface area contributed by atoms with E-state index in [2.05, 4.69) is 20.8 Å². The summed E-state index contributed by atoms with van der Waals surface area (Å²) in [5.41, 5.74) is 5.42. The van der Waals surface area contributed by atoms with Gasteiger partial charge in [0, 0.05) is 0 Å². The van der Waals surface area contributed by atoms with Crippen molar-refractivity contribution < 1.29 is 4.74 Å². The van der Waals surface area contributed by atoms with Crippen molar-refractivity contribution in [1.29, 1.82) is 0 Å². The second kappa shape index (κ2) is 5.69. The van der Waals surface area contributed by atoms with Crippen molar-refractivity contribution in [2.45, 2.75) is 33.3 Å². The van der Waals surface area contributed by atoms with E-state index < -0.39 is 0 Å². The summed E-state index contributed by atoms with van der Waals surface area (Å²) in [5.74, 6) is 0.494. The van der Waals surface area contributed by atoms with Gasteiger partial charge in [-0.05, 0) is 25.8 Å². The molecule has 0 bridgehead atoms. The summed E-state index contributed by atoms with van der Waals surface area (Å²) in [5, 5.41) is 0. The van der Waals surface area contributed by atoms with Gasteiger partial charge >= 0.3 is 0 Å². The standard InChI is InChI=1S/C8H19NO/c1-4-8(3)10-6-7(2)5-9/h7-8H,4-6,9H2,1-3H3. The van der Waals surface area contributed by atoms with Gasteiger partial charge in [0.25, 0.3) is 0 Å². The Bertz CT molecular complexity index is 65.7. The maximum absolute atomic E-state index is 5.46. The molecule has 2 N–H and O–H groups in total. The van der Waals surface area contributed by atoms with Crippen LogP contribution >= 0.6 is 0 Å². The van der Waals surface area contributed by atoms with Crippen LogP contribution in [0.3, 0.4) is 0 Å². The first-order chi connectivity index (χ1) is 4.70. The molecule has 0 aliphatic carbocycles. The molecule has 2 unspecified atom stereocenters. The van der Waals surface area contributed by atoms with Gasteiger partial charge in [0.2, 0.25) is 0 Å². The minimum absolute atomic E-state index is 0.383. The molecule has 0 aromatic rings. The highest BCUT2D eigenvalue weighted by molar-refractivity contribution is 4.52. The lowest BCUT2D eigenvalue weighted by atomic mass is 10.2. The predicted octanol–water partition coefficient (Wildman–Crippen LogP) is 1.40. The third-order valence-corrected chi connectivity index (χ3v) is 1.64. The molecule has 0 aliphatic heterocycles. The molecule has 0 radical (unpaired) electrons. The third kappa shape index (κ3) is 4.77. The van der Waals surface area contributed by atoms with E-state index in [1.165, 1.54) is 0 Å². The third-order valence-electron chi connectivity index (χ3n) is 1.64. The molecule has 10 heavy (non-hydrogen) atoms. The van der Waals surface area contributed by atoms with Gasteiger partial charge in [0.05, 0.1) is 12.7 Å². The molecule has 0 spiro atoms. The number of hydrogen-bond donors (Lipinski definition) is 1. The summed E-state index contributed by atoms with van der Waals surface area (Å²) in [4.78, 5) is 0. The van der Waals surface area contributed by atoms with Crippen molar-refractivity contribution in [1.82, 2.24) is 0 Å². The van der Waals surface area contributed by atoms with Gasteiger partial charge in [0.1, 0.15) is 0 Å². The van der Waals surface area contributed by atoms with Crippen LogP contribution in [0.2, 0.25) is 0 Å². The van der Waals surface area contributed by atoms with Crippen LogP contribution in [0.15, 0.2) is 0 Å². The van der Waals surface area contributed by atoms with Gasteiger partial charge in [-0.1, -0.05) is 13.8 Å². The summed E-state index contributed by atoms with van der Waals surface area (Å²) in [6.07, 6.45) is 1.46. The average molecular weight is 145 g/mol. The zero-order valence-corrected chi connectivity index (χ0v) is 7.26. The molecule has 0 heterocycles. The molecule has 62 valence electrons. The highest BCUT2D eigenvalue weighted by atomic mass is 16.5. The van der Waals surface area contributed by atoms with Crippen LogP contribution < -0.4 is 5.73 Å². The first-order valence-corrected chi connectivity index (χ1v) is 4.02. The fourth-order valence-electron chi connectivity index (χ4n) is 0.514. The lowest BCUT2D eigenvalue weighted by molar-refractivity contribution is 0.0436. The zero-order valence-electron chi connectivity index (χ0n) is 7.26. The molecular formula is C8H19NO. The molecule has 0 saturated heterocycles. The lowest BCUT2D eigenvalue weighted by Gasteiger charge is -2.13. The van der Waals surface area contributed by atoms with Crippen LogP contribution in [0.25, 0.3) is 0 Å². The fraction of sp³-hybridized carbons (Fsp3) is 1.00. The summed E-state index contributed by atoms with van der Waals surface area (Å²) in [7, 11) is 0. The number of nitrogens with two attached hydrogens (primary N) is 1. The first kappa shape index (κ1) is 9.92. The average Bonchev–Trinajstić information content (AvgIpc) is 1.99. The Hall–Kier alpha value is -0.0800. The SMILES string of the molecule is CCC(C)OCC(C)CN. The fourth-order valence-corrected chi connectivity index (χ4v) is 0.514. The smallest absolute Gasteiger partial charge is 0.0544 e. The second-order valence-electron chi connectivity index (χ2n) is 2.89. The summed E-state index contributed by atoms with van der Waals surface area (Å²) < 4.78 is 5.46. The van der Waals surface area contributed by atoms with Crippen molar-refractivity contribution in [3.63, 3.8) is 0 Å². The van der Waals surface area contributed by atoms with Gasteiger partial charge in [0.15, 0.2) is 0 Å². The Balaban J connectivity index is 3.17. The molecule has 0 aromatic carbocycles. The van der Waals surface area contributed by atoms with Gasteiger partial charge in [-0.25, -0.2) is 0 Å². The Morgan fingerprint density at radius 3 is 2.40 bits per heavy atom. The van der Waals surface area contributed by atoms with E-state index in [0.717, 1.165) is 19.6 Å². The lowest BCUT2D eigenvalue weighted by Crippen LogP contribution is -2.19. The highest BCUT2D eigenvalue weighted by Gasteiger charge is 2.01. The minimum Gasteiger partial charge on any atom is -0.378 e. The molecule has 0 saturated carbocycles. The molecule has 0 fully saturated rings. The van der Waals surface area contributed by atoms with Crippen LogP contribution in [0.1, 0.15) is 27.2 Å². The van der Waals surface area contributed by atoms with Gasteiger partial charge in [-0.3, -0.25) is 0 Å². The number of ether oxygens (including phenoxy) is 1. The van der Waals surface area contributed by atoms with Crippen molar-refractivity contribution in [2.75, 3.05) is 13.2 Å². The van der Waals surface area contributed by atoms with Crippen LogP contribution in [0, 0.1) is 5.92 Å². The van der Waals surface area contributed by atoms with Crippen LogP contribution in [-0.4, -0.2) is 19.3 Å². The summed E-state index contributed by atoms with van der Waals surface area (Å²) >= 11 is 0.